The molecule has 78 valence electrons. The predicted molar refractivity (Wildman–Crippen MR) is 51.4 cm³/mol. The van der Waals surface area contributed by atoms with Gasteiger partial charge >= 0.3 is 5.97 Å². The topological polar surface area (TPSA) is 46.5 Å². The van der Waals surface area contributed by atoms with Crippen LogP contribution >= 0.6 is 0 Å². The molecule has 1 N–H and O–H groups in total. The van der Waals surface area contributed by atoms with Crippen molar-refractivity contribution in [1.82, 2.24) is 0 Å². The van der Waals surface area contributed by atoms with E-state index in [1.165, 1.54) is 0 Å². The van der Waals surface area contributed by atoms with Crippen molar-refractivity contribution in [2.24, 2.45) is 0 Å². The van der Waals surface area contributed by atoms with Crippen molar-refractivity contribution >= 4 is 5.97 Å². The predicted octanol–water partition coefficient (Wildman–Crippen LogP) is 1.88. The number of aliphatic hydroxyl groups is 1. The van der Waals surface area contributed by atoms with Gasteiger partial charge < -0.3 is 9.84 Å². The van der Waals surface area contributed by atoms with E-state index < -0.39 is 17.7 Å². The molecule has 0 amide bonds. The minimum Gasteiger partial charge on any atom is -0.458 e. The number of unbranched alkanes of at least 4 members (excludes halogenated alkanes) is 1. The highest BCUT2D eigenvalue weighted by molar-refractivity contribution is 5.74. The van der Waals surface area contributed by atoms with Crippen LogP contribution in [0.15, 0.2) is 0 Å². The molecule has 1 unspecified atom stereocenters. The average molecular weight is 188 g/mol. The second-order valence-electron chi connectivity index (χ2n) is 4.19. The zero-order valence-corrected chi connectivity index (χ0v) is 8.96. The number of carbonyl (C=O) groups excluding carboxylic acids is 1. The molecule has 0 aromatic carbocycles. The molecule has 0 bridgehead atoms. The summed E-state index contributed by atoms with van der Waals surface area (Å²) in [6.45, 7) is 7.38. The number of aliphatic hydroxyl groups excluding tert-OH is 1. The van der Waals surface area contributed by atoms with Crippen LogP contribution in [0.1, 0.15) is 47.0 Å². The summed E-state index contributed by atoms with van der Waals surface area (Å²) >= 11 is 0. The van der Waals surface area contributed by atoms with E-state index in [9.17, 15) is 9.90 Å². The second kappa shape index (κ2) is 5.22. The van der Waals surface area contributed by atoms with Crippen LogP contribution in [-0.4, -0.2) is 22.8 Å². The Morgan fingerprint density at radius 2 is 2.00 bits per heavy atom. The molecule has 0 saturated heterocycles. The van der Waals surface area contributed by atoms with Crippen LogP contribution in [-0.2, 0) is 9.53 Å². The summed E-state index contributed by atoms with van der Waals surface area (Å²) in [6.07, 6.45) is 1.35. The Morgan fingerprint density at radius 1 is 1.46 bits per heavy atom. The summed E-state index contributed by atoms with van der Waals surface area (Å²) in [6, 6.07) is 0. The number of ether oxygens (including phenoxy) is 1. The van der Waals surface area contributed by atoms with Crippen molar-refractivity contribution in [3.8, 4) is 0 Å². The first-order chi connectivity index (χ1) is 5.87. The summed E-state index contributed by atoms with van der Waals surface area (Å²) in [5.41, 5.74) is -0.510. The Balaban J connectivity index is 3.83. The third-order valence-corrected chi connectivity index (χ3v) is 1.51. The third-order valence-electron chi connectivity index (χ3n) is 1.51. The van der Waals surface area contributed by atoms with Gasteiger partial charge in [0.25, 0.3) is 0 Å². The molecule has 0 spiro atoms. The van der Waals surface area contributed by atoms with E-state index in [4.69, 9.17) is 4.74 Å². The normalized spacial score (nSPS) is 13.9. The highest BCUT2D eigenvalue weighted by Crippen LogP contribution is 2.10. The number of esters is 1. The molecule has 0 radical (unpaired) electrons. The largest absolute Gasteiger partial charge is 0.458 e. The molecule has 0 aromatic heterocycles. The number of rotatable bonds is 4. The standard InChI is InChI=1S/C10H20O3/c1-5-6-7-8(11)9(12)13-10(2,3)4/h8,11H,5-7H2,1-4H3. The average Bonchev–Trinajstić information content (AvgIpc) is 1.96. The Labute approximate surface area is 80.1 Å². The van der Waals surface area contributed by atoms with Gasteiger partial charge in [0.1, 0.15) is 5.60 Å². The van der Waals surface area contributed by atoms with Gasteiger partial charge in [0.05, 0.1) is 0 Å². The first-order valence-corrected chi connectivity index (χ1v) is 4.77. The van der Waals surface area contributed by atoms with Crippen molar-refractivity contribution in [1.29, 1.82) is 0 Å². The first kappa shape index (κ1) is 12.4. The third kappa shape index (κ3) is 6.58. The molecule has 3 nitrogen and oxygen atoms in total. The van der Waals surface area contributed by atoms with Crippen LogP contribution in [0.3, 0.4) is 0 Å². The fourth-order valence-electron chi connectivity index (χ4n) is 0.885. The maximum atomic E-state index is 11.2. The van der Waals surface area contributed by atoms with Crippen LogP contribution in [0.2, 0.25) is 0 Å². The minimum atomic E-state index is -0.959. The van der Waals surface area contributed by atoms with Crippen molar-refractivity contribution in [2.75, 3.05) is 0 Å². The molecular weight excluding hydrogens is 168 g/mol. The summed E-state index contributed by atoms with van der Waals surface area (Å²) in [7, 11) is 0. The smallest absolute Gasteiger partial charge is 0.335 e. The Kier molecular flexibility index (Phi) is 4.99. The lowest BCUT2D eigenvalue weighted by Crippen LogP contribution is -2.31. The molecule has 0 aliphatic heterocycles. The fraction of sp³-hybridized carbons (Fsp3) is 0.900. The van der Waals surface area contributed by atoms with Gasteiger partial charge in [-0.25, -0.2) is 4.79 Å². The van der Waals surface area contributed by atoms with Gasteiger partial charge in [-0.2, -0.15) is 0 Å². The van der Waals surface area contributed by atoms with Crippen LogP contribution in [0, 0.1) is 0 Å². The van der Waals surface area contributed by atoms with E-state index in [-0.39, 0.29) is 0 Å². The lowest BCUT2D eigenvalue weighted by atomic mass is 10.1. The molecule has 3 heteroatoms. The van der Waals surface area contributed by atoms with E-state index in [1.54, 1.807) is 20.8 Å². The van der Waals surface area contributed by atoms with Gasteiger partial charge in [0, 0.05) is 0 Å². The summed E-state index contributed by atoms with van der Waals surface area (Å²) in [5, 5.41) is 9.34. The van der Waals surface area contributed by atoms with Gasteiger partial charge in [0.15, 0.2) is 6.10 Å². The second-order valence-corrected chi connectivity index (χ2v) is 4.19. The number of hydrogen-bond acceptors (Lipinski definition) is 3. The SMILES string of the molecule is CCCCC(O)C(=O)OC(C)(C)C. The van der Waals surface area contributed by atoms with E-state index in [0.29, 0.717) is 6.42 Å². The van der Waals surface area contributed by atoms with Crippen LogP contribution < -0.4 is 0 Å². The van der Waals surface area contributed by atoms with Gasteiger partial charge in [-0.15, -0.1) is 0 Å². The van der Waals surface area contributed by atoms with Crippen LogP contribution in [0.4, 0.5) is 0 Å². The van der Waals surface area contributed by atoms with Gasteiger partial charge in [0.2, 0.25) is 0 Å². The van der Waals surface area contributed by atoms with E-state index in [1.807, 2.05) is 6.92 Å². The highest BCUT2D eigenvalue weighted by Gasteiger charge is 2.22. The fourth-order valence-corrected chi connectivity index (χ4v) is 0.885. The van der Waals surface area contributed by atoms with Crippen molar-refractivity contribution in [3.63, 3.8) is 0 Å². The van der Waals surface area contributed by atoms with Crippen molar-refractivity contribution in [2.45, 2.75) is 58.7 Å². The number of carbonyl (C=O) groups is 1. The lowest BCUT2D eigenvalue weighted by Gasteiger charge is -2.21. The molecule has 0 heterocycles. The molecule has 0 rings (SSSR count). The monoisotopic (exact) mass is 188 g/mol. The van der Waals surface area contributed by atoms with Gasteiger partial charge in [-0.1, -0.05) is 19.8 Å². The zero-order valence-electron chi connectivity index (χ0n) is 8.96. The molecule has 1 atom stereocenters. The maximum Gasteiger partial charge on any atom is 0.335 e. The summed E-state index contributed by atoms with van der Waals surface area (Å²) in [4.78, 5) is 11.2. The first-order valence-electron chi connectivity index (χ1n) is 4.77. The Hall–Kier alpha value is -0.570. The summed E-state index contributed by atoms with van der Waals surface area (Å²) in [5.74, 6) is -0.513. The van der Waals surface area contributed by atoms with E-state index >= 15 is 0 Å². The maximum absolute atomic E-state index is 11.2. The lowest BCUT2D eigenvalue weighted by molar-refractivity contribution is -0.165. The van der Waals surface area contributed by atoms with Gasteiger partial charge in [-0.05, 0) is 27.2 Å². The summed E-state index contributed by atoms with van der Waals surface area (Å²) < 4.78 is 5.01. The van der Waals surface area contributed by atoms with Crippen molar-refractivity contribution in [3.05, 3.63) is 0 Å². The molecule has 0 fully saturated rings. The number of hydrogen-bond donors (Lipinski definition) is 1. The Morgan fingerprint density at radius 3 is 2.38 bits per heavy atom. The highest BCUT2D eigenvalue weighted by atomic mass is 16.6. The van der Waals surface area contributed by atoms with Crippen molar-refractivity contribution < 1.29 is 14.6 Å². The Bertz CT molecular complexity index is 158. The molecule has 0 aliphatic carbocycles. The van der Waals surface area contributed by atoms with E-state index in [0.717, 1.165) is 12.8 Å². The van der Waals surface area contributed by atoms with Crippen LogP contribution in [0.5, 0.6) is 0 Å². The molecule has 13 heavy (non-hydrogen) atoms. The molecule has 0 aromatic rings. The minimum absolute atomic E-state index is 0.491. The molecule has 0 saturated carbocycles. The molecular formula is C10H20O3. The van der Waals surface area contributed by atoms with Crippen LogP contribution in [0.25, 0.3) is 0 Å². The zero-order chi connectivity index (χ0) is 10.5. The quantitative estimate of drug-likeness (QED) is 0.685. The molecule has 0 aliphatic rings. The van der Waals surface area contributed by atoms with Gasteiger partial charge in [-0.3, -0.25) is 0 Å². The van der Waals surface area contributed by atoms with E-state index in [2.05, 4.69) is 0 Å².